The molecule has 0 aromatic carbocycles. The van der Waals surface area contributed by atoms with Crippen LogP contribution in [0.1, 0.15) is 252 Å². The molecule has 10 rings (SSSR count). The second-order valence-corrected chi connectivity index (χ2v) is 26.2. The van der Waals surface area contributed by atoms with E-state index < -0.39 is 0 Å². The highest BCUT2D eigenvalue weighted by molar-refractivity contribution is 5.15. The lowest BCUT2D eigenvalue weighted by atomic mass is 9.59. The molecule has 0 N–H and O–H groups in total. The van der Waals surface area contributed by atoms with Crippen LogP contribution in [0.25, 0.3) is 0 Å². The lowest BCUT2D eigenvalue weighted by Crippen LogP contribution is -2.52. The van der Waals surface area contributed by atoms with Gasteiger partial charge >= 0.3 is 0 Å². The third-order valence-electron chi connectivity index (χ3n) is 21.7. The average molecular weight is 903 g/mol. The van der Waals surface area contributed by atoms with Crippen molar-refractivity contribution < 1.29 is 0 Å². The summed E-state index contributed by atoms with van der Waals surface area (Å²) in [5.41, 5.74) is 3.53. The van der Waals surface area contributed by atoms with E-state index in [1.165, 1.54) is 212 Å². The van der Waals surface area contributed by atoms with Gasteiger partial charge in [-0.2, -0.15) is 0 Å². The van der Waals surface area contributed by atoms with Crippen molar-refractivity contribution in [3.8, 4) is 0 Å². The maximum atomic E-state index is 3.22. The lowest BCUT2D eigenvalue weighted by Gasteiger charge is -2.52. The average Bonchev–Trinajstić information content (AvgIpc) is 3.36. The molecule has 3 heteroatoms. The summed E-state index contributed by atoms with van der Waals surface area (Å²) in [6.07, 6.45) is 67.9. The van der Waals surface area contributed by atoms with E-state index in [0.717, 1.165) is 89.5 Å². The SMILES string of the molecule is CC1CCCC(N(C2=CCCCC2)C2CCC(C3CC(C4CCC(N(C5=CCC[C@H](C)C5)C5C=CCCC5)CC4)CC(C4CCC(N(C5CC=CCC5)C5CCCC(C)C5)CC4)C3)CC2)C1. The molecule has 10 atom stereocenters. The van der Waals surface area contributed by atoms with Crippen molar-refractivity contribution in [1.82, 2.24) is 14.7 Å². The van der Waals surface area contributed by atoms with E-state index in [-0.39, 0.29) is 0 Å². The molecule has 0 saturated heterocycles. The summed E-state index contributed by atoms with van der Waals surface area (Å²) in [6.45, 7) is 7.65. The Morgan fingerprint density at radius 2 is 0.970 bits per heavy atom. The summed E-state index contributed by atoms with van der Waals surface area (Å²) in [6, 6.07) is 5.60. The minimum absolute atomic E-state index is 0.657. The highest BCUT2D eigenvalue weighted by Crippen LogP contribution is 2.53. The van der Waals surface area contributed by atoms with Crippen LogP contribution in [0.3, 0.4) is 0 Å². The van der Waals surface area contributed by atoms with Crippen LogP contribution in [0.15, 0.2) is 47.9 Å². The van der Waals surface area contributed by atoms with Gasteiger partial charge in [0.05, 0.1) is 0 Å². The predicted octanol–water partition coefficient (Wildman–Crippen LogP) is 17.1. The van der Waals surface area contributed by atoms with Crippen molar-refractivity contribution in [2.75, 3.05) is 0 Å². The van der Waals surface area contributed by atoms with Crippen molar-refractivity contribution in [2.24, 2.45) is 53.3 Å². The summed E-state index contributed by atoms with van der Waals surface area (Å²) in [5, 5.41) is 0. The van der Waals surface area contributed by atoms with Crippen LogP contribution in [0, 0.1) is 53.3 Å². The fourth-order valence-corrected chi connectivity index (χ4v) is 18.3. The summed E-state index contributed by atoms with van der Waals surface area (Å²) < 4.78 is 0. The predicted molar refractivity (Wildman–Crippen MR) is 281 cm³/mol. The van der Waals surface area contributed by atoms with Gasteiger partial charge in [0.2, 0.25) is 0 Å². The molecular formula is C63H103N3. The van der Waals surface area contributed by atoms with E-state index in [9.17, 15) is 0 Å². The smallest absolute Gasteiger partial charge is 0.0473 e. The van der Waals surface area contributed by atoms with Crippen LogP contribution in [0.5, 0.6) is 0 Å². The van der Waals surface area contributed by atoms with E-state index >= 15 is 0 Å². The fourth-order valence-electron chi connectivity index (χ4n) is 18.3. The van der Waals surface area contributed by atoms with E-state index in [1.54, 1.807) is 30.7 Å². The topological polar surface area (TPSA) is 9.72 Å². The Kier molecular flexibility index (Phi) is 16.9. The van der Waals surface area contributed by atoms with E-state index in [1.807, 2.05) is 0 Å². The molecule has 0 spiro atoms. The van der Waals surface area contributed by atoms with Crippen LogP contribution >= 0.6 is 0 Å². The van der Waals surface area contributed by atoms with Gasteiger partial charge in [-0.05, 0) is 259 Å². The first-order valence-electron chi connectivity index (χ1n) is 30.5. The highest BCUT2D eigenvalue weighted by Gasteiger charge is 2.45. The summed E-state index contributed by atoms with van der Waals surface area (Å²) in [5.74, 6) is 8.63. The molecule has 0 radical (unpaired) electrons. The largest absolute Gasteiger partial charge is 0.369 e. The highest BCUT2D eigenvalue weighted by atomic mass is 15.2. The monoisotopic (exact) mass is 902 g/mol. The Balaban J connectivity index is 0.835. The molecule has 0 aromatic heterocycles. The van der Waals surface area contributed by atoms with Crippen molar-refractivity contribution >= 4 is 0 Å². The molecule has 0 aliphatic heterocycles. The van der Waals surface area contributed by atoms with Crippen molar-refractivity contribution in [1.29, 1.82) is 0 Å². The van der Waals surface area contributed by atoms with Gasteiger partial charge in [-0.15, -0.1) is 0 Å². The zero-order chi connectivity index (χ0) is 44.8. The van der Waals surface area contributed by atoms with E-state index in [2.05, 4.69) is 71.9 Å². The zero-order valence-electron chi connectivity index (χ0n) is 43.5. The fraction of sp³-hybridized carbons (Fsp3) is 0.873. The van der Waals surface area contributed by atoms with Crippen LogP contribution in [-0.2, 0) is 0 Å². The van der Waals surface area contributed by atoms with Gasteiger partial charge in [0.15, 0.2) is 0 Å². The second kappa shape index (κ2) is 23.2. The lowest BCUT2D eigenvalue weighted by molar-refractivity contribution is -0.00521. The second-order valence-electron chi connectivity index (χ2n) is 26.2. The Bertz CT molecular complexity index is 1610. The Hall–Kier alpha value is -1.48. The molecule has 370 valence electrons. The molecule has 10 aliphatic rings. The molecule has 6 saturated carbocycles. The Morgan fingerprint density at radius 3 is 1.53 bits per heavy atom. The van der Waals surface area contributed by atoms with Crippen molar-refractivity contribution in [3.05, 3.63) is 47.9 Å². The van der Waals surface area contributed by atoms with Gasteiger partial charge < -0.3 is 9.80 Å². The standard InChI is InChI=1S/C63H103N3/c1-46-16-13-25-61(40-46)64(55-19-7-4-8-20-55)58-34-28-49(29-35-58)52-43-53(50-30-36-59(37-31-50)65(56-21-9-5-10-22-56)62-26-14-17-47(2)41-62)45-54(44-52)51-32-38-60(39-33-51)66(57-23-11-6-12-24-57)63-27-15-18-48(3)42-63/h4,7,9,21,23,26,46-56,58-61,63H,5-6,8,10-20,22,24-25,27-45H2,1-3H3/t46?,47-,48?,49?,50?,51?,52?,53?,54?,55?,56?,58?,59?,60?,61?,63?/m0/s1. The van der Waals surface area contributed by atoms with Gasteiger partial charge in [0.25, 0.3) is 0 Å². The molecule has 66 heavy (non-hydrogen) atoms. The van der Waals surface area contributed by atoms with Crippen LogP contribution < -0.4 is 0 Å². The minimum Gasteiger partial charge on any atom is -0.369 e. The van der Waals surface area contributed by atoms with Crippen molar-refractivity contribution in [3.63, 3.8) is 0 Å². The summed E-state index contributed by atoms with van der Waals surface area (Å²) >= 11 is 0. The van der Waals surface area contributed by atoms with Gasteiger partial charge in [-0.1, -0.05) is 82.9 Å². The van der Waals surface area contributed by atoms with Gasteiger partial charge in [-0.3, -0.25) is 4.90 Å². The number of allylic oxidation sites excluding steroid dienone is 6. The van der Waals surface area contributed by atoms with Crippen LogP contribution in [-0.4, -0.2) is 57.0 Å². The molecule has 10 aliphatic carbocycles. The van der Waals surface area contributed by atoms with Crippen molar-refractivity contribution in [2.45, 2.75) is 294 Å². The molecule has 9 unspecified atom stereocenters. The van der Waals surface area contributed by atoms with E-state index in [0.29, 0.717) is 6.04 Å². The zero-order valence-corrected chi connectivity index (χ0v) is 43.5. The van der Waals surface area contributed by atoms with E-state index in [4.69, 9.17) is 0 Å². The van der Waals surface area contributed by atoms with Crippen LogP contribution in [0.2, 0.25) is 0 Å². The normalized spacial score (nSPS) is 42.9. The Morgan fingerprint density at radius 1 is 0.364 bits per heavy atom. The molecule has 0 bridgehead atoms. The van der Waals surface area contributed by atoms with Crippen LogP contribution in [0.4, 0.5) is 0 Å². The molecule has 0 aromatic rings. The summed E-state index contributed by atoms with van der Waals surface area (Å²) in [7, 11) is 0. The Labute approximate surface area is 408 Å². The number of nitrogens with zero attached hydrogens (tertiary/aromatic N) is 3. The molecular weight excluding hydrogens is 799 g/mol. The molecule has 0 heterocycles. The molecule has 6 fully saturated rings. The molecule has 0 amide bonds. The number of rotatable bonds is 12. The maximum absolute atomic E-state index is 3.22. The third kappa shape index (κ3) is 11.6. The van der Waals surface area contributed by atoms with Gasteiger partial charge in [0.1, 0.15) is 0 Å². The minimum atomic E-state index is 0.657. The number of hydrogen-bond acceptors (Lipinski definition) is 3. The van der Waals surface area contributed by atoms with Gasteiger partial charge in [-0.25, -0.2) is 0 Å². The first kappa shape index (κ1) is 48.2. The molecule has 3 nitrogen and oxygen atoms in total. The first-order chi connectivity index (χ1) is 32.4. The maximum Gasteiger partial charge on any atom is 0.0473 e. The first-order valence-corrected chi connectivity index (χ1v) is 30.5. The van der Waals surface area contributed by atoms with Gasteiger partial charge in [0, 0.05) is 53.7 Å². The summed E-state index contributed by atoms with van der Waals surface area (Å²) in [4.78, 5) is 9.40. The third-order valence-corrected chi connectivity index (χ3v) is 21.7. The quantitative estimate of drug-likeness (QED) is 0.181. The number of hydrogen-bond donors (Lipinski definition) is 0.